The van der Waals surface area contributed by atoms with E-state index in [0.717, 1.165) is 34.0 Å². The number of aryl methyl sites for hydroxylation is 1. The van der Waals surface area contributed by atoms with Crippen molar-refractivity contribution in [1.29, 1.82) is 0 Å². The highest BCUT2D eigenvalue weighted by molar-refractivity contribution is 7.98. The van der Waals surface area contributed by atoms with E-state index in [9.17, 15) is 4.79 Å². The largest absolute Gasteiger partial charge is 0.325 e. The first-order valence-electron chi connectivity index (χ1n) is 5.86. The summed E-state index contributed by atoms with van der Waals surface area (Å²) < 4.78 is 0. The number of aromatic amines is 1. The Hall–Kier alpha value is -1.46. The lowest BCUT2D eigenvalue weighted by Crippen LogP contribution is -2.16. The Morgan fingerprint density at radius 1 is 1.42 bits per heavy atom. The predicted octanol–water partition coefficient (Wildman–Crippen LogP) is 3.22. The van der Waals surface area contributed by atoms with E-state index in [1.54, 1.807) is 11.8 Å². The van der Waals surface area contributed by atoms with E-state index < -0.39 is 0 Å². The number of hydrogen-bond donors (Lipinski definition) is 2. The van der Waals surface area contributed by atoms with Crippen molar-refractivity contribution in [3.8, 4) is 0 Å². The molecule has 2 aromatic rings. The van der Waals surface area contributed by atoms with Gasteiger partial charge in [-0.25, -0.2) is 4.98 Å². The van der Waals surface area contributed by atoms with Crippen LogP contribution in [0.4, 0.5) is 11.6 Å². The molecule has 4 nitrogen and oxygen atoms in total. The van der Waals surface area contributed by atoms with Gasteiger partial charge in [0.2, 0.25) is 5.95 Å². The molecule has 0 aliphatic carbocycles. The van der Waals surface area contributed by atoms with E-state index >= 15 is 0 Å². The molecule has 1 aliphatic heterocycles. The van der Waals surface area contributed by atoms with Crippen LogP contribution in [0.15, 0.2) is 23.0 Å². The summed E-state index contributed by atoms with van der Waals surface area (Å²) in [6.07, 6.45) is 0. The summed E-state index contributed by atoms with van der Waals surface area (Å²) in [5.41, 5.74) is 3.50. The minimum absolute atomic E-state index is 0.0582. The molecule has 0 spiro atoms. The number of thioether (sulfide) groups is 1. The Morgan fingerprint density at radius 2 is 2.26 bits per heavy atom. The van der Waals surface area contributed by atoms with Gasteiger partial charge in [-0.2, -0.15) is 11.8 Å². The molecule has 0 fully saturated rings. The van der Waals surface area contributed by atoms with Crippen molar-refractivity contribution in [2.75, 3.05) is 5.32 Å². The fraction of sp³-hybridized carbons (Fsp3) is 0.231. The Morgan fingerprint density at radius 3 is 3.11 bits per heavy atom. The van der Waals surface area contributed by atoms with Crippen LogP contribution in [0.2, 0.25) is 5.02 Å². The van der Waals surface area contributed by atoms with Gasteiger partial charge in [0.15, 0.2) is 0 Å². The van der Waals surface area contributed by atoms with Crippen LogP contribution < -0.4 is 10.9 Å². The lowest BCUT2D eigenvalue weighted by atomic mass is 10.2. The van der Waals surface area contributed by atoms with Gasteiger partial charge in [0.25, 0.3) is 5.56 Å². The highest BCUT2D eigenvalue weighted by Gasteiger charge is 2.17. The zero-order valence-corrected chi connectivity index (χ0v) is 11.9. The third kappa shape index (κ3) is 2.48. The summed E-state index contributed by atoms with van der Waals surface area (Å²) in [6, 6.07) is 5.57. The topological polar surface area (TPSA) is 57.8 Å². The molecule has 2 heterocycles. The number of halogens is 1. The van der Waals surface area contributed by atoms with Gasteiger partial charge >= 0.3 is 0 Å². The average molecular weight is 294 g/mol. The minimum Gasteiger partial charge on any atom is -0.325 e. The van der Waals surface area contributed by atoms with Crippen molar-refractivity contribution >= 4 is 35.0 Å². The van der Waals surface area contributed by atoms with Crippen LogP contribution in [0.1, 0.15) is 16.8 Å². The van der Waals surface area contributed by atoms with Crippen LogP contribution in [0.25, 0.3) is 0 Å². The molecule has 1 aliphatic rings. The quantitative estimate of drug-likeness (QED) is 0.892. The van der Waals surface area contributed by atoms with Gasteiger partial charge in [0.1, 0.15) is 0 Å². The van der Waals surface area contributed by atoms with Gasteiger partial charge in [-0.1, -0.05) is 17.7 Å². The average Bonchev–Trinajstić information content (AvgIpc) is 2.82. The van der Waals surface area contributed by atoms with Crippen LogP contribution in [-0.2, 0) is 11.5 Å². The minimum atomic E-state index is -0.0582. The second-order valence-corrected chi connectivity index (χ2v) is 5.84. The Bertz CT molecular complexity index is 699. The number of benzene rings is 1. The van der Waals surface area contributed by atoms with E-state index in [2.05, 4.69) is 15.3 Å². The number of nitrogens with zero attached hydrogens (tertiary/aromatic N) is 1. The van der Waals surface area contributed by atoms with Crippen LogP contribution in [-0.4, -0.2) is 9.97 Å². The van der Waals surface area contributed by atoms with Gasteiger partial charge in [0, 0.05) is 27.8 Å². The Labute approximate surface area is 119 Å². The summed E-state index contributed by atoms with van der Waals surface area (Å²) in [7, 11) is 0. The maximum atomic E-state index is 11.9. The number of nitrogens with one attached hydrogen (secondary N) is 2. The van der Waals surface area contributed by atoms with E-state index in [1.165, 1.54) is 0 Å². The summed E-state index contributed by atoms with van der Waals surface area (Å²) in [6.45, 7) is 1.97. The van der Waals surface area contributed by atoms with Crippen LogP contribution in [0, 0.1) is 6.92 Å². The first-order valence-corrected chi connectivity index (χ1v) is 7.40. The second kappa shape index (κ2) is 4.90. The third-order valence-corrected chi connectivity index (χ3v) is 4.24. The number of H-pyrrole nitrogens is 1. The lowest BCUT2D eigenvalue weighted by molar-refractivity contribution is 1.03. The Balaban J connectivity index is 1.98. The van der Waals surface area contributed by atoms with Crippen molar-refractivity contribution in [2.45, 2.75) is 18.4 Å². The molecular formula is C13H12ClN3OS. The van der Waals surface area contributed by atoms with Gasteiger partial charge in [-0.3, -0.25) is 9.78 Å². The molecular weight excluding hydrogens is 282 g/mol. The van der Waals surface area contributed by atoms with Crippen LogP contribution >= 0.6 is 23.4 Å². The van der Waals surface area contributed by atoms with Gasteiger partial charge < -0.3 is 5.32 Å². The van der Waals surface area contributed by atoms with E-state index in [0.29, 0.717) is 11.0 Å². The van der Waals surface area contributed by atoms with Gasteiger partial charge in [-0.15, -0.1) is 0 Å². The normalized spacial score (nSPS) is 13.4. The molecule has 98 valence electrons. The zero-order valence-electron chi connectivity index (χ0n) is 10.3. The molecule has 0 amide bonds. The molecule has 0 bridgehead atoms. The second-order valence-electron chi connectivity index (χ2n) is 4.42. The molecule has 1 aromatic carbocycles. The molecule has 0 unspecified atom stereocenters. The first-order chi connectivity index (χ1) is 9.13. The van der Waals surface area contributed by atoms with Crippen molar-refractivity contribution in [1.82, 2.24) is 9.97 Å². The van der Waals surface area contributed by atoms with Crippen molar-refractivity contribution in [3.05, 3.63) is 50.4 Å². The van der Waals surface area contributed by atoms with Crippen molar-refractivity contribution in [3.63, 3.8) is 0 Å². The number of anilines is 2. The molecule has 3 rings (SSSR count). The molecule has 1 aromatic heterocycles. The molecule has 19 heavy (non-hydrogen) atoms. The van der Waals surface area contributed by atoms with Crippen LogP contribution in [0.3, 0.4) is 0 Å². The Kier molecular flexibility index (Phi) is 3.24. The summed E-state index contributed by atoms with van der Waals surface area (Å²) in [5, 5.41) is 3.77. The molecule has 0 saturated heterocycles. The smallest absolute Gasteiger partial charge is 0.256 e. The number of aromatic nitrogens is 2. The first kappa shape index (κ1) is 12.6. The molecule has 0 saturated carbocycles. The lowest BCUT2D eigenvalue weighted by Gasteiger charge is -2.09. The highest BCUT2D eigenvalue weighted by Crippen LogP contribution is 2.27. The van der Waals surface area contributed by atoms with E-state index in [1.807, 2.05) is 25.1 Å². The van der Waals surface area contributed by atoms with E-state index in [-0.39, 0.29) is 5.56 Å². The van der Waals surface area contributed by atoms with Crippen molar-refractivity contribution < 1.29 is 0 Å². The van der Waals surface area contributed by atoms with Crippen LogP contribution in [0.5, 0.6) is 0 Å². The third-order valence-electron chi connectivity index (χ3n) is 3.04. The summed E-state index contributed by atoms with van der Waals surface area (Å²) in [4.78, 5) is 19.1. The standard InChI is InChI=1S/C13H12ClN3OS/c1-7-2-3-8(14)4-10(7)15-13-16-11-6-19-5-9(11)12(18)17-13/h2-4H,5-6H2,1H3,(H2,15,16,17,18). The predicted molar refractivity (Wildman–Crippen MR) is 79.3 cm³/mol. The SMILES string of the molecule is Cc1ccc(Cl)cc1Nc1nc2c(c(=O)[nH]1)CSC2. The maximum Gasteiger partial charge on any atom is 0.256 e. The zero-order chi connectivity index (χ0) is 13.4. The highest BCUT2D eigenvalue weighted by atomic mass is 35.5. The number of rotatable bonds is 2. The molecule has 0 radical (unpaired) electrons. The molecule has 6 heteroatoms. The monoisotopic (exact) mass is 293 g/mol. The fourth-order valence-electron chi connectivity index (χ4n) is 1.98. The summed E-state index contributed by atoms with van der Waals surface area (Å²) >= 11 is 7.68. The van der Waals surface area contributed by atoms with Crippen molar-refractivity contribution in [2.24, 2.45) is 0 Å². The number of hydrogen-bond acceptors (Lipinski definition) is 4. The molecule has 2 N–H and O–H groups in total. The van der Waals surface area contributed by atoms with Gasteiger partial charge in [-0.05, 0) is 24.6 Å². The molecule has 0 atom stereocenters. The fourth-order valence-corrected chi connectivity index (χ4v) is 3.19. The van der Waals surface area contributed by atoms with E-state index in [4.69, 9.17) is 11.6 Å². The maximum absolute atomic E-state index is 11.9. The summed E-state index contributed by atoms with van der Waals surface area (Å²) in [5.74, 6) is 2.01. The number of fused-ring (bicyclic) bond motifs is 1. The van der Waals surface area contributed by atoms with Gasteiger partial charge in [0.05, 0.1) is 5.69 Å².